The molecule has 1 N–H and O–H groups in total. The van der Waals surface area contributed by atoms with E-state index in [2.05, 4.69) is 20.9 Å². The Hall–Kier alpha value is -1.27. The number of hydrogen-bond donors (Lipinski definition) is 1. The zero-order chi connectivity index (χ0) is 15.1. The highest BCUT2D eigenvalue weighted by molar-refractivity contribution is 9.10. The van der Waals surface area contributed by atoms with Crippen LogP contribution in [0, 0.1) is 5.82 Å². The Morgan fingerprint density at radius 2 is 2.00 bits per heavy atom. The highest BCUT2D eigenvalue weighted by Gasteiger charge is 2.27. The van der Waals surface area contributed by atoms with Gasteiger partial charge in [-0.05, 0) is 18.2 Å². The predicted molar refractivity (Wildman–Crippen MR) is 80.9 cm³/mol. The van der Waals surface area contributed by atoms with Gasteiger partial charge in [-0.25, -0.2) is 14.2 Å². The number of carbonyl (C=O) groups is 1. The molecule has 2 aromatic rings. The van der Waals surface area contributed by atoms with Crippen LogP contribution in [0.25, 0.3) is 10.6 Å². The van der Waals surface area contributed by atoms with Gasteiger partial charge in [0.2, 0.25) is 0 Å². The summed E-state index contributed by atoms with van der Waals surface area (Å²) < 4.78 is 14.0. The van der Waals surface area contributed by atoms with E-state index < -0.39 is 11.8 Å². The summed E-state index contributed by atoms with van der Waals surface area (Å²) in [5.74, 6) is -1.40. The first-order chi connectivity index (χ1) is 9.18. The van der Waals surface area contributed by atoms with E-state index in [1.165, 1.54) is 12.1 Å². The molecule has 0 amide bonds. The standard InChI is InChI=1S/C14H13BrFNO2S/c1-14(2,3)11-10(13(18)19)20-12(17-11)7-4-8(15)6-9(16)5-7/h4-6H,1-3H3,(H,18,19). The minimum Gasteiger partial charge on any atom is -0.477 e. The maximum Gasteiger partial charge on any atom is 0.347 e. The van der Waals surface area contributed by atoms with E-state index in [4.69, 9.17) is 0 Å². The Morgan fingerprint density at radius 1 is 1.35 bits per heavy atom. The van der Waals surface area contributed by atoms with Crippen LogP contribution in [0.15, 0.2) is 22.7 Å². The number of thiazole rings is 1. The summed E-state index contributed by atoms with van der Waals surface area (Å²) in [6, 6.07) is 4.42. The molecule has 0 unspecified atom stereocenters. The smallest absolute Gasteiger partial charge is 0.347 e. The van der Waals surface area contributed by atoms with Crippen molar-refractivity contribution in [3.63, 3.8) is 0 Å². The molecule has 1 aromatic carbocycles. The molecule has 106 valence electrons. The molecule has 0 spiro atoms. The van der Waals surface area contributed by atoms with Crippen LogP contribution < -0.4 is 0 Å². The molecule has 0 aliphatic carbocycles. The van der Waals surface area contributed by atoms with Gasteiger partial charge in [-0.2, -0.15) is 0 Å². The van der Waals surface area contributed by atoms with Crippen molar-refractivity contribution >= 4 is 33.2 Å². The molecule has 0 radical (unpaired) electrons. The first-order valence-electron chi connectivity index (χ1n) is 5.89. The highest BCUT2D eigenvalue weighted by atomic mass is 79.9. The second-order valence-electron chi connectivity index (χ2n) is 5.41. The minimum atomic E-state index is -1.01. The molecule has 0 aliphatic heterocycles. The normalized spacial score (nSPS) is 11.7. The maximum atomic E-state index is 13.4. The number of aromatic carboxylic acids is 1. The van der Waals surface area contributed by atoms with Crippen molar-refractivity contribution in [2.45, 2.75) is 26.2 Å². The third-order valence-electron chi connectivity index (χ3n) is 2.64. The molecular formula is C14H13BrFNO2S. The minimum absolute atomic E-state index is 0.202. The topological polar surface area (TPSA) is 50.2 Å². The van der Waals surface area contributed by atoms with Crippen molar-refractivity contribution in [2.75, 3.05) is 0 Å². The van der Waals surface area contributed by atoms with Crippen molar-refractivity contribution in [3.8, 4) is 10.6 Å². The second kappa shape index (κ2) is 5.26. The lowest BCUT2D eigenvalue weighted by molar-refractivity contribution is 0.0699. The van der Waals surface area contributed by atoms with Crippen molar-refractivity contribution in [1.82, 2.24) is 4.98 Å². The third kappa shape index (κ3) is 3.07. The Balaban J connectivity index is 2.62. The van der Waals surface area contributed by atoms with E-state index in [-0.39, 0.29) is 10.3 Å². The van der Waals surface area contributed by atoms with Crippen molar-refractivity contribution in [2.24, 2.45) is 0 Å². The van der Waals surface area contributed by atoms with Crippen LogP contribution in [0.5, 0.6) is 0 Å². The molecule has 1 aromatic heterocycles. The largest absolute Gasteiger partial charge is 0.477 e. The Bertz CT molecular complexity index is 656. The first-order valence-corrected chi connectivity index (χ1v) is 7.50. The third-order valence-corrected chi connectivity index (χ3v) is 4.19. The zero-order valence-corrected chi connectivity index (χ0v) is 13.6. The number of benzene rings is 1. The summed E-state index contributed by atoms with van der Waals surface area (Å²) in [5.41, 5.74) is 0.706. The number of rotatable bonds is 2. The van der Waals surface area contributed by atoms with Crippen LogP contribution in [-0.4, -0.2) is 16.1 Å². The molecule has 20 heavy (non-hydrogen) atoms. The summed E-state index contributed by atoms with van der Waals surface area (Å²) in [6.07, 6.45) is 0. The fourth-order valence-electron chi connectivity index (χ4n) is 1.77. The fraction of sp³-hybridized carbons (Fsp3) is 0.286. The molecule has 1 heterocycles. The fourth-order valence-corrected chi connectivity index (χ4v) is 3.34. The summed E-state index contributed by atoms with van der Waals surface area (Å²) in [4.78, 5) is 15.9. The number of halogens is 2. The van der Waals surface area contributed by atoms with Gasteiger partial charge in [-0.3, -0.25) is 0 Å². The molecule has 3 nitrogen and oxygen atoms in total. The Morgan fingerprint density at radius 3 is 2.45 bits per heavy atom. The Labute approximate surface area is 128 Å². The van der Waals surface area contributed by atoms with E-state index in [0.29, 0.717) is 20.7 Å². The lowest BCUT2D eigenvalue weighted by atomic mass is 9.91. The quantitative estimate of drug-likeness (QED) is 0.846. The van der Waals surface area contributed by atoms with Gasteiger partial charge in [0.15, 0.2) is 0 Å². The molecule has 0 bridgehead atoms. The molecule has 2 rings (SSSR count). The molecule has 0 aliphatic rings. The summed E-state index contributed by atoms with van der Waals surface area (Å²) in [6.45, 7) is 5.71. The summed E-state index contributed by atoms with van der Waals surface area (Å²) in [7, 11) is 0. The number of hydrogen-bond acceptors (Lipinski definition) is 3. The van der Waals surface area contributed by atoms with Gasteiger partial charge in [-0.15, -0.1) is 11.3 Å². The van der Waals surface area contributed by atoms with Crippen LogP contribution in [0.3, 0.4) is 0 Å². The van der Waals surface area contributed by atoms with Crippen molar-refractivity contribution in [3.05, 3.63) is 39.1 Å². The number of carboxylic acids is 1. The van der Waals surface area contributed by atoms with E-state index >= 15 is 0 Å². The van der Waals surface area contributed by atoms with E-state index in [0.717, 1.165) is 11.3 Å². The second-order valence-corrected chi connectivity index (χ2v) is 7.32. The van der Waals surface area contributed by atoms with Crippen LogP contribution in [0.2, 0.25) is 0 Å². The SMILES string of the molecule is CC(C)(C)c1nc(-c2cc(F)cc(Br)c2)sc1C(=O)O. The number of aromatic nitrogens is 1. The lowest BCUT2D eigenvalue weighted by Crippen LogP contribution is -2.16. The van der Waals surface area contributed by atoms with Gasteiger partial charge < -0.3 is 5.11 Å². The van der Waals surface area contributed by atoms with Gasteiger partial charge in [-0.1, -0.05) is 36.7 Å². The van der Waals surface area contributed by atoms with Gasteiger partial charge >= 0.3 is 5.97 Å². The number of nitrogens with zero attached hydrogens (tertiary/aromatic N) is 1. The van der Waals surface area contributed by atoms with Crippen LogP contribution in [0.4, 0.5) is 4.39 Å². The lowest BCUT2D eigenvalue weighted by Gasteiger charge is -2.16. The van der Waals surface area contributed by atoms with Gasteiger partial charge in [0.25, 0.3) is 0 Å². The average molecular weight is 358 g/mol. The van der Waals surface area contributed by atoms with Crippen molar-refractivity contribution in [1.29, 1.82) is 0 Å². The zero-order valence-electron chi connectivity index (χ0n) is 11.2. The monoisotopic (exact) mass is 357 g/mol. The molecule has 6 heteroatoms. The van der Waals surface area contributed by atoms with Gasteiger partial charge in [0, 0.05) is 15.5 Å². The first kappa shape index (κ1) is 15.1. The van der Waals surface area contributed by atoms with E-state index in [1.54, 1.807) is 6.07 Å². The van der Waals surface area contributed by atoms with E-state index in [9.17, 15) is 14.3 Å². The summed E-state index contributed by atoms with van der Waals surface area (Å²) in [5, 5.41) is 9.79. The highest BCUT2D eigenvalue weighted by Crippen LogP contribution is 2.35. The number of carboxylic acid groups (broad SMARTS) is 1. The summed E-state index contributed by atoms with van der Waals surface area (Å²) >= 11 is 4.29. The molecule has 0 fully saturated rings. The average Bonchev–Trinajstić information content (AvgIpc) is 2.71. The van der Waals surface area contributed by atoms with Crippen LogP contribution in [-0.2, 0) is 5.41 Å². The van der Waals surface area contributed by atoms with Crippen LogP contribution in [0.1, 0.15) is 36.1 Å². The van der Waals surface area contributed by atoms with Crippen LogP contribution >= 0.6 is 27.3 Å². The molecule has 0 saturated heterocycles. The predicted octanol–water partition coefficient (Wildman–Crippen LogP) is 4.71. The van der Waals surface area contributed by atoms with Crippen molar-refractivity contribution < 1.29 is 14.3 Å². The molecule has 0 atom stereocenters. The van der Waals surface area contributed by atoms with E-state index in [1.807, 2.05) is 20.8 Å². The van der Waals surface area contributed by atoms with Gasteiger partial charge in [0.1, 0.15) is 15.7 Å². The molecule has 0 saturated carbocycles. The maximum absolute atomic E-state index is 13.4. The van der Waals surface area contributed by atoms with Gasteiger partial charge in [0.05, 0.1) is 5.69 Å². The Kier molecular flexibility index (Phi) is 3.97. The molecular weight excluding hydrogens is 345 g/mol.